The van der Waals surface area contributed by atoms with Gasteiger partial charge in [0.25, 0.3) is 10.0 Å². The van der Waals surface area contributed by atoms with E-state index in [9.17, 15) is 8.42 Å². The average molecular weight is 408 g/mol. The molecule has 23 heavy (non-hydrogen) atoms. The van der Waals surface area contributed by atoms with Crippen molar-refractivity contribution >= 4 is 71.5 Å². The highest BCUT2D eigenvalue weighted by Crippen LogP contribution is 2.34. The molecule has 0 saturated heterocycles. The van der Waals surface area contributed by atoms with E-state index in [2.05, 4.69) is 9.71 Å². The van der Waals surface area contributed by atoms with Crippen LogP contribution in [0.25, 0.3) is 10.2 Å². The number of halogens is 3. The maximum absolute atomic E-state index is 12.5. The molecule has 1 aromatic heterocycles. The number of aromatic nitrogens is 1. The second-order valence-electron chi connectivity index (χ2n) is 4.74. The smallest absolute Gasteiger partial charge is 0.255 e. The van der Waals surface area contributed by atoms with E-state index in [1.54, 1.807) is 0 Å². The Hall–Kier alpha value is -1.05. The SMILES string of the molecule is Cc1cccc2sc(NS(=O)(=O)c3cc(Cl)c(Cl)cc3Cl)nc12. The van der Waals surface area contributed by atoms with Gasteiger partial charge in [-0.15, -0.1) is 0 Å². The predicted molar refractivity (Wildman–Crippen MR) is 96.6 cm³/mol. The van der Waals surface area contributed by atoms with Crippen LogP contribution in [0.5, 0.6) is 0 Å². The van der Waals surface area contributed by atoms with Crippen molar-refractivity contribution in [2.24, 2.45) is 0 Å². The van der Waals surface area contributed by atoms with Crippen molar-refractivity contribution < 1.29 is 8.42 Å². The fraction of sp³-hybridized carbons (Fsp3) is 0.0714. The van der Waals surface area contributed by atoms with Crippen molar-refractivity contribution in [1.82, 2.24) is 4.98 Å². The lowest BCUT2D eigenvalue weighted by Crippen LogP contribution is -2.13. The van der Waals surface area contributed by atoms with E-state index in [1.165, 1.54) is 23.5 Å². The highest BCUT2D eigenvalue weighted by Gasteiger charge is 2.21. The Bertz CT molecular complexity index is 1020. The third kappa shape index (κ3) is 3.27. The molecule has 0 amide bonds. The zero-order chi connectivity index (χ0) is 16.8. The first-order chi connectivity index (χ1) is 10.8. The molecule has 0 fully saturated rings. The summed E-state index contributed by atoms with van der Waals surface area (Å²) in [5.41, 5.74) is 1.73. The average Bonchev–Trinajstić information content (AvgIpc) is 2.85. The first-order valence-electron chi connectivity index (χ1n) is 6.31. The molecule has 120 valence electrons. The molecule has 0 aliphatic heterocycles. The summed E-state index contributed by atoms with van der Waals surface area (Å²) in [4.78, 5) is 4.17. The van der Waals surface area contributed by atoms with E-state index < -0.39 is 10.0 Å². The van der Waals surface area contributed by atoms with Crippen LogP contribution in [0.3, 0.4) is 0 Å². The van der Waals surface area contributed by atoms with E-state index in [1.807, 2.05) is 25.1 Å². The lowest BCUT2D eigenvalue weighted by Gasteiger charge is -2.08. The van der Waals surface area contributed by atoms with Crippen LogP contribution < -0.4 is 4.72 Å². The molecule has 0 unspecified atom stereocenters. The second kappa shape index (κ2) is 6.11. The van der Waals surface area contributed by atoms with Crippen molar-refractivity contribution in [2.45, 2.75) is 11.8 Å². The van der Waals surface area contributed by atoms with Crippen LogP contribution in [0.1, 0.15) is 5.56 Å². The van der Waals surface area contributed by atoms with Gasteiger partial charge in [-0.2, -0.15) is 0 Å². The Morgan fingerprint density at radius 3 is 2.48 bits per heavy atom. The van der Waals surface area contributed by atoms with Gasteiger partial charge in [-0.25, -0.2) is 13.4 Å². The number of rotatable bonds is 3. The second-order valence-corrected chi connectivity index (χ2v) is 8.65. The normalized spacial score (nSPS) is 11.8. The highest BCUT2D eigenvalue weighted by molar-refractivity contribution is 7.93. The van der Waals surface area contributed by atoms with Gasteiger partial charge < -0.3 is 0 Å². The van der Waals surface area contributed by atoms with Crippen molar-refractivity contribution in [2.75, 3.05) is 4.72 Å². The summed E-state index contributed by atoms with van der Waals surface area (Å²) in [5.74, 6) is 0. The van der Waals surface area contributed by atoms with Gasteiger partial charge >= 0.3 is 0 Å². The number of nitrogens with zero attached hydrogens (tertiary/aromatic N) is 1. The molecule has 1 heterocycles. The van der Waals surface area contributed by atoms with Gasteiger partial charge in [0.15, 0.2) is 5.13 Å². The van der Waals surface area contributed by atoms with Crippen LogP contribution in [-0.4, -0.2) is 13.4 Å². The highest BCUT2D eigenvalue weighted by atomic mass is 35.5. The van der Waals surface area contributed by atoms with Crippen molar-refractivity contribution in [3.05, 3.63) is 51.0 Å². The number of thiazole rings is 1. The molecule has 4 nitrogen and oxygen atoms in total. The van der Waals surface area contributed by atoms with E-state index in [0.717, 1.165) is 15.8 Å². The zero-order valence-corrected chi connectivity index (χ0v) is 15.5. The van der Waals surface area contributed by atoms with Crippen molar-refractivity contribution in [1.29, 1.82) is 0 Å². The summed E-state index contributed by atoms with van der Waals surface area (Å²) in [5, 5.41) is 0.545. The predicted octanol–water partition coefficient (Wildman–Crippen LogP) is 5.37. The monoisotopic (exact) mass is 406 g/mol. The molecule has 3 aromatic rings. The topological polar surface area (TPSA) is 59.1 Å². The quantitative estimate of drug-likeness (QED) is 0.594. The van der Waals surface area contributed by atoms with Crippen molar-refractivity contribution in [3.8, 4) is 0 Å². The fourth-order valence-electron chi connectivity index (χ4n) is 2.01. The van der Waals surface area contributed by atoms with Crippen molar-refractivity contribution in [3.63, 3.8) is 0 Å². The Morgan fingerprint density at radius 2 is 1.78 bits per heavy atom. The van der Waals surface area contributed by atoms with Gasteiger partial charge in [0.05, 0.1) is 25.3 Å². The zero-order valence-electron chi connectivity index (χ0n) is 11.6. The molecule has 9 heteroatoms. The van der Waals surface area contributed by atoms with E-state index in [-0.39, 0.29) is 25.1 Å². The van der Waals surface area contributed by atoms with E-state index in [4.69, 9.17) is 34.8 Å². The Kier molecular flexibility index (Phi) is 4.46. The Morgan fingerprint density at radius 1 is 1.09 bits per heavy atom. The number of para-hydroxylation sites is 1. The summed E-state index contributed by atoms with van der Waals surface area (Å²) >= 11 is 18.9. The van der Waals surface area contributed by atoms with Crippen LogP contribution in [-0.2, 0) is 10.0 Å². The van der Waals surface area contributed by atoms with Gasteiger partial charge in [0.1, 0.15) is 4.90 Å². The van der Waals surface area contributed by atoms with Gasteiger partial charge in [-0.05, 0) is 30.7 Å². The molecule has 3 rings (SSSR count). The molecular formula is C14H9Cl3N2O2S2. The summed E-state index contributed by atoms with van der Waals surface area (Å²) in [6.45, 7) is 1.91. The molecule has 0 atom stereocenters. The molecular weight excluding hydrogens is 399 g/mol. The van der Waals surface area contributed by atoms with Gasteiger partial charge in [0, 0.05) is 0 Å². The van der Waals surface area contributed by atoms with Crippen LogP contribution in [0.15, 0.2) is 35.2 Å². The number of anilines is 1. The van der Waals surface area contributed by atoms with Crippen LogP contribution in [0, 0.1) is 6.92 Å². The number of hydrogen-bond donors (Lipinski definition) is 1. The number of benzene rings is 2. The number of sulfonamides is 1. The number of aryl methyl sites for hydroxylation is 1. The van der Waals surface area contributed by atoms with E-state index in [0.29, 0.717) is 0 Å². The lowest BCUT2D eigenvalue weighted by molar-refractivity contribution is 0.601. The number of nitrogens with one attached hydrogen (secondary N) is 1. The van der Waals surface area contributed by atoms with Crippen LogP contribution in [0.4, 0.5) is 5.13 Å². The van der Waals surface area contributed by atoms with Gasteiger partial charge in [-0.3, -0.25) is 4.72 Å². The molecule has 0 radical (unpaired) electrons. The first-order valence-corrected chi connectivity index (χ1v) is 9.75. The molecule has 0 saturated carbocycles. The molecule has 1 N–H and O–H groups in total. The number of fused-ring (bicyclic) bond motifs is 1. The summed E-state index contributed by atoms with van der Waals surface area (Å²) in [6.07, 6.45) is 0. The minimum Gasteiger partial charge on any atom is -0.255 e. The largest absolute Gasteiger partial charge is 0.265 e. The first kappa shape index (κ1) is 16.8. The summed E-state index contributed by atoms with van der Waals surface area (Å²) in [7, 11) is -3.92. The summed E-state index contributed by atoms with van der Waals surface area (Å²) in [6, 6.07) is 8.19. The molecule has 2 aromatic carbocycles. The molecule has 0 aliphatic rings. The third-order valence-electron chi connectivity index (χ3n) is 3.11. The number of hydrogen-bond acceptors (Lipinski definition) is 4. The maximum atomic E-state index is 12.5. The minimum absolute atomic E-state index is 0.0100. The van der Waals surface area contributed by atoms with Gasteiger partial charge in [-0.1, -0.05) is 58.3 Å². The Balaban J connectivity index is 2.03. The van der Waals surface area contributed by atoms with Gasteiger partial charge in [0.2, 0.25) is 0 Å². The van der Waals surface area contributed by atoms with Crippen LogP contribution in [0.2, 0.25) is 15.1 Å². The molecule has 0 bridgehead atoms. The lowest BCUT2D eigenvalue weighted by atomic mass is 10.2. The third-order valence-corrected chi connectivity index (χ3v) is 6.70. The van der Waals surface area contributed by atoms with E-state index >= 15 is 0 Å². The molecule has 0 spiro atoms. The van der Waals surface area contributed by atoms with Crippen LogP contribution >= 0.6 is 46.1 Å². The summed E-state index contributed by atoms with van der Waals surface area (Å²) < 4.78 is 28.4. The maximum Gasteiger partial charge on any atom is 0.265 e. The minimum atomic E-state index is -3.92. The molecule has 0 aliphatic carbocycles. The standard InChI is InChI=1S/C14H9Cl3N2O2S2/c1-7-3-2-4-11-13(7)18-14(22-11)19-23(20,21)12-6-9(16)8(15)5-10(12)17/h2-6H,1H3,(H,18,19). The Labute approximate surface area is 152 Å². The fourth-order valence-corrected chi connectivity index (χ4v) is 5.19.